The van der Waals surface area contributed by atoms with Gasteiger partial charge in [-0.15, -0.1) is 0 Å². The highest BCUT2D eigenvalue weighted by Crippen LogP contribution is 2.33. The fraction of sp³-hybridized carbons (Fsp3) is 0.500. The summed E-state index contributed by atoms with van der Waals surface area (Å²) in [5.41, 5.74) is -1.06. The first kappa shape index (κ1) is 11.5. The molecule has 2 rings (SSSR count). The third-order valence-electron chi connectivity index (χ3n) is 2.97. The molecule has 0 amide bonds. The number of aliphatic hydroxyl groups is 1. The first-order chi connectivity index (χ1) is 7.62. The topological polar surface area (TPSA) is 29.5 Å². The average Bonchev–Trinajstić information content (AvgIpc) is 2.43. The number of halogens is 2. The van der Waals surface area contributed by atoms with Gasteiger partial charge < -0.3 is 9.84 Å². The maximum Gasteiger partial charge on any atom is 0.132 e. The Kier molecular flexibility index (Phi) is 3.21. The lowest BCUT2D eigenvalue weighted by Crippen LogP contribution is -2.27. The van der Waals surface area contributed by atoms with Crippen LogP contribution in [0.25, 0.3) is 0 Å². The molecule has 16 heavy (non-hydrogen) atoms. The molecule has 1 saturated heterocycles. The lowest BCUT2D eigenvalue weighted by Gasteiger charge is -2.26. The summed E-state index contributed by atoms with van der Waals surface area (Å²) >= 11 is 0. The van der Waals surface area contributed by atoms with E-state index in [2.05, 4.69) is 0 Å². The highest BCUT2D eigenvalue weighted by Gasteiger charge is 2.32. The molecule has 1 aromatic carbocycles. The molecule has 1 aliphatic rings. The zero-order valence-electron chi connectivity index (χ0n) is 8.88. The van der Waals surface area contributed by atoms with Crippen molar-refractivity contribution in [1.82, 2.24) is 0 Å². The van der Waals surface area contributed by atoms with Crippen molar-refractivity contribution < 1.29 is 18.6 Å². The van der Waals surface area contributed by atoms with Gasteiger partial charge in [-0.25, -0.2) is 8.78 Å². The van der Waals surface area contributed by atoms with Crippen LogP contribution in [-0.2, 0) is 10.3 Å². The highest BCUT2D eigenvalue weighted by molar-refractivity contribution is 5.25. The van der Waals surface area contributed by atoms with Crippen LogP contribution in [0.2, 0.25) is 0 Å². The average molecular weight is 228 g/mol. The second-order valence-electron chi connectivity index (χ2n) is 4.12. The van der Waals surface area contributed by atoms with Crippen LogP contribution < -0.4 is 0 Å². The standard InChI is InChI=1S/C12H14F2O2/c13-9-2-3-10(11(14)8-9)12(15)4-1-6-16-7-5-12/h2-3,8,15H,1,4-7H2. The van der Waals surface area contributed by atoms with Crippen LogP contribution in [0.1, 0.15) is 24.8 Å². The minimum atomic E-state index is -1.23. The zero-order chi connectivity index (χ0) is 11.6. The Morgan fingerprint density at radius 3 is 2.75 bits per heavy atom. The van der Waals surface area contributed by atoms with Gasteiger partial charge in [-0.2, -0.15) is 0 Å². The zero-order valence-corrected chi connectivity index (χ0v) is 8.88. The predicted octanol–water partition coefficient (Wildman–Crippen LogP) is 2.35. The molecule has 1 unspecified atom stereocenters. The van der Waals surface area contributed by atoms with E-state index in [9.17, 15) is 13.9 Å². The fourth-order valence-electron chi connectivity index (χ4n) is 2.07. The van der Waals surface area contributed by atoms with Gasteiger partial charge in [0, 0.05) is 31.3 Å². The van der Waals surface area contributed by atoms with Crippen LogP contribution in [0.4, 0.5) is 8.78 Å². The second-order valence-corrected chi connectivity index (χ2v) is 4.12. The van der Waals surface area contributed by atoms with E-state index in [-0.39, 0.29) is 5.56 Å². The summed E-state index contributed by atoms with van der Waals surface area (Å²) in [5.74, 6) is -1.32. The smallest absolute Gasteiger partial charge is 0.132 e. The summed E-state index contributed by atoms with van der Waals surface area (Å²) in [6, 6.07) is 3.29. The van der Waals surface area contributed by atoms with Crippen LogP contribution in [0.5, 0.6) is 0 Å². The maximum atomic E-state index is 13.6. The van der Waals surface area contributed by atoms with Crippen LogP contribution >= 0.6 is 0 Å². The summed E-state index contributed by atoms with van der Waals surface area (Å²) in [5, 5.41) is 10.4. The molecule has 1 atom stereocenters. The number of rotatable bonds is 1. The van der Waals surface area contributed by atoms with Crippen molar-refractivity contribution in [3.05, 3.63) is 35.4 Å². The fourth-order valence-corrected chi connectivity index (χ4v) is 2.07. The summed E-state index contributed by atoms with van der Waals surface area (Å²) in [6.07, 6.45) is 1.46. The van der Waals surface area contributed by atoms with Gasteiger partial charge in [0.05, 0.1) is 5.60 Å². The molecule has 4 heteroatoms. The van der Waals surface area contributed by atoms with Crippen molar-refractivity contribution >= 4 is 0 Å². The second kappa shape index (κ2) is 4.47. The molecule has 1 aliphatic heterocycles. The molecular formula is C12H14F2O2. The van der Waals surface area contributed by atoms with E-state index >= 15 is 0 Å². The van der Waals surface area contributed by atoms with E-state index in [1.54, 1.807) is 0 Å². The van der Waals surface area contributed by atoms with Crippen molar-refractivity contribution in [2.75, 3.05) is 13.2 Å². The van der Waals surface area contributed by atoms with E-state index in [0.717, 1.165) is 6.07 Å². The summed E-state index contributed by atoms with van der Waals surface area (Å²) < 4.78 is 31.6. The number of benzene rings is 1. The van der Waals surface area contributed by atoms with Crippen molar-refractivity contribution in [2.45, 2.75) is 24.9 Å². The monoisotopic (exact) mass is 228 g/mol. The highest BCUT2D eigenvalue weighted by atomic mass is 19.1. The first-order valence-corrected chi connectivity index (χ1v) is 5.37. The molecule has 2 nitrogen and oxygen atoms in total. The third kappa shape index (κ3) is 2.23. The Balaban J connectivity index is 2.33. The first-order valence-electron chi connectivity index (χ1n) is 5.37. The Morgan fingerprint density at radius 1 is 1.19 bits per heavy atom. The molecule has 1 aromatic rings. The number of hydrogen-bond donors (Lipinski definition) is 1. The van der Waals surface area contributed by atoms with Gasteiger partial charge in [0.15, 0.2) is 0 Å². The quantitative estimate of drug-likeness (QED) is 0.799. The van der Waals surface area contributed by atoms with Gasteiger partial charge in [0.2, 0.25) is 0 Å². The third-order valence-corrected chi connectivity index (χ3v) is 2.97. The van der Waals surface area contributed by atoms with E-state index in [4.69, 9.17) is 4.74 Å². The Bertz CT molecular complexity index is 371. The molecule has 0 saturated carbocycles. The minimum Gasteiger partial charge on any atom is -0.385 e. The molecule has 1 N–H and O–H groups in total. The largest absolute Gasteiger partial charge is 0.385 e. The molecule has 1 fully saturated rings. The Morgan fingerprint density at radius 2 is 2.00 bits per heavy atom. The van der Waals surface area contributed by atoms with E-state index < -0.39 is 17.2 Å². The van der Waals surface area contributed by atoms with Crippen molar-refractivity contribution in [3.63, 3.8) is 0 Å². The number of hydrogen-bond acceptors (Lipinski definition) is 2. The molecule has 0 radical (unpaired) electrons. The lowest BCUT2D eigenvalue weighted by molar-refractivity contribution is 0.0112. The van der Waals surface area contributed by atoms with Gasteiger partial charge in [0.1, 0.15) is 11.6 Å². The van der Waals surface area contributed by atoms with Crippen LogP contribution in [0.3, 0.4) is 0 Å². The maximum absolute atomic E-state index is 13.6. The Hall–Kier alpha value is -1.00. The predicted molar refractivity (Wildman–Crippen MR) is 54.9 cm³/mol. The molecule has 0 aliphatic carbocycles. The molecular weight excluding hydrogens is 214 g/mol. The van der Waals surface area contributed by atoms with Crippen molar-refractivity contribution in [3.8, 4) is 0 Å². The van der Waals surface area contributed by atoms with Gasteiger partial charge >= 0.3 is 0 Å². The summed E-state index contributed by atoms with van der Waals surface area (Å²) in [4.78, 5) is 0. The molecule has 1 heterocycles. The summed E-state index contributed by atoms with van der Waals surface area (Å²) in [6.45, 7) is 0.971. The van der Waals surface area contributed by atoms with E-state index in [1.165, 1.54) is 12.1 Å². The molecule has 0 aromatic heterocycles. The lowest BCUT2D eigenvalue weighted by atomic mass is 9.86. The van der Waals surface area contributed by atoms with Crippen LogP contribution in [-0.4, -0.2) is 18.3 Å². The number of ether oxygens (including phenoxy) is 1. The van der Waals surface area contributed by atoms with Gasteiger partial charge in [-0.05, 0) is 18.9 Å². The van der Waals surface area contributed by atoms with Gasteiger partial charge in [-0.1, -0.05) is 6.07 Å². The normalized spacial score (nSPS) is 26.4. The summed E-state index contributed by atoms with van der Waals surface area (Å²) in [7, 11) is 0. The van der Waals surface area contributed by atoms with Crippen molar-refractivity contribution in [2.24, 2.45) is 0 Å². The van der Waals surface area contributed by atoms with Crippen LogP contribution in [0.15, 0.2) is 18.2 Å². The van der Waals surface area contributed by atoms with E-state index in [1.807, 2.05) is 0 Å². The van der Waals surface area contributed by atoms with Crippen molar-refractivity contribution in [1.29, 1.82) is 0 Å². The molecule has 0 spiro atoms. The minimum absolute atomic E-state index is 0.166. The molecule has 0 bridgehead atoms. The van der Waals surface area contributed by atoms with E-state index in [0.29, 0.717) is 32.5 Å². The molecule has 88 valence electrons. The Labute approximate surface area is 92.9 Å². The SMILES string of the molecule is OC1(c2ccc(F)cc2F)CCCOCC1. The van der Waals surface area contributed by atoms with Gasteiger partial charge in [0.25, 0.3) is 0 Å². The van der Waals surface area contributed by atoms with Crippen LogP contribution in [0, 0.1) is 11.6 Å². The van der Waals surface area contributed by atoms with Gasteiger partial charge in [-0.3, -0.25) is 0 Å².